The lowest BCUT2D eigenvalue weighted by Gasteiger charge is -2.37. The van der Waals surface area contributed by atoms with Crippen molar-refractivity contribution in [3.63, 3.8) is 0 Å². The maximum atomic E-state index is 13.2. The Balaban J connectivity index is 2.20. The molecular formula is C15H22BrFN2. The zero-order valence-electron chi connectivity index (χ0n) is 11.5. The molecule has 2 nitrogen and oxygen atoms in total. The Morgan fingerprint density at radius 2 is 2.05 bits per heavy atom. The second-order valence-corrected chi connectivity index (χ2v) is 6.69. The van der Waals surface area contributed by atoms with Gasteiger partial charge in [-0.05, 0) is 48.3 Å². The van der Waals surface area contributed by atoms with Crippen LogP contribution >= 0.6 is 15.9 Å². The van der Waals surface area contributed by atoms with Crippen molar-refractivity contribution in [2.45, 2.75) is 39.2 Å². The average Bonchev–Trinajstić information content (AvgIpc) is 2.37. The number of rotatable bonds is 3. The van der Waals surface area contributed by atoms with Crippen molar-refractivity contribution in [1.29, 1.82) is 0 Å². The number of hydrogen-bond donors (Lipinski definition) is 2. The van der Waals surface area contributed by atoms with Crippen molar-refractivity contribution in [3.05, 3.63) is 34.1 Å². The van der Waals surface area contributed by atoms with E-state index < -0.39 is 0 Å². The average molecular weight is 329 g/mol. The molecule has 1 aliphatic carbocycles. The predicted molar refractivity (Wildman–Crippen MR) is 79.8 cm³/mol. The van der Waals surface area contributed by atoms with E-state index in [4.69, 9.17) is 5.84 Å². The minimum Gasteiger partial charge on any atom is -0.271 e. The Kier molecular flexibility index (Phi) is 4.98. The number of nitrogens with one attached hydrogen (secondary N) is 1. The molecule has 4 atom stereocenters. The first-order chi connectivity index (χ1) is 9.02. The van der Waals surface area contributed by atoms with Gasteiger partial charge in [0.05, 0.1) is 0 Å². The largest absolute Gasteiger partial charge is 0.271 e. The van der Waals surface area contributed by atoms with Gasteiger partial charge >= 0.3 is 0 Å². The van der Waals surface area contributed by atoms with Gasteiger partial charge in [-0.15, -0.1) is 0 Å². The summed E-state index contributed by atoms with van der Waals surface area (Å²) in [6, 6.07) is 4.92. The zero-order valence-corrected chi connectivity index (χ0v) is 13.1. The lowest BCUT2D eigenvalue weighted by Crippen LogP contribution is -2.37. The summed E-state index contributed by atoms with van der Waals surface area (Å²) in [5, 5.41) is 0. The predicted octanol–water partition coefficient (Wildman–Crippen LogP) is 4.16. The minimum atomic E-state index is -0.225. The Labute approximate surface area is 123 Å². The summed E-state index contributed by atoms with van der Waals surface area (Å²) < 4.78 is 14.0. The number of halogens is 2. The first-order valence-electron chi connectivity index (χ1n) is 6.94. The molecule has 1 aromatic rings. The molecule has 2 rings (SSSR count). The van der Waals surface area contributed by atoms with Gasteiger partial charge in [-0.1, -0.05) is 42.3 Å². The lowest BCUT2D eigenvalue weighted by molar-refractivity contribution is 0.171. The number of benzene rings is 1. The van der Waals surface area contributed by atoms with Crippen LogP contribution in [0, 0.1) is 23.6 Å². The number of nitrogens with two attached hydrogens (primary N) is 1. The summed E-state index contributed by atoms with van der Waals surface area (Å²) in [7, 11) is 0. The van der Waals surface area contributed by atoms with Crippen LogP contribution in [0.5, 0.6) is 0 Å². The molecule has 3 N–H and O–H groups in total. The van der Waals surface area contributed by atoms with Gasteiger partial charge in [0.25, 0.3) is 0 Å². The van der Waals surface area contributed by atoms with Crippen molar-refractivity contribution >= 4 is 15.9 Å². The fraction of sp³-hybridized carbons (Fsp3) is 0.600. The van der Waals surface area contributed by atoms with Gasteiger partial charge in [0.15, 0.2) is 0 Å². The molecule has 1 saturated carbocycles. The molecule has 1 aromatic carbocycles. The van der Waals surface area contributed by atoms with E-state index in [1.807, 2.05) is 6.07 Å². The third-order valence-corrected chi connectivity index (χ3v) is 5.27. The molecule has 0 aromatic heterocycles. The molecule has 0 saturated heterocycles. The number of hydrogen-bond acceptors (Lipinski definition) is 2. The molecule has 0 amide bonds. The van der Waals surface area contributed by atoms with E-state index in [1.54, 1.807) is 0 Å². The van der Waals surface area contributed by atoms with Gasteiger partial charge in [-0.2, -0.15) is 0 Å². The van der Waals surface area contributed by atoms with E-state index in [1.165, 1.54) is 31.4 Å². The molecule has 1 fully saturated rings. The number of hydrazine groups is 1. The Bertz CT molecular complexity index is 438. The SMILES string of the molecule is CC1CCC(C(NN)c2ccc(F)cc2Br)CC1C. The van der Waals surface area contributed by atoms with Gasteiger partial charge in [-0.25, -0.2) is 4.39 Å². The third kappa shape index (κ3) is 3.36. The molecular weight excluding hydrogens is 307 g/mol. The molecule has 0 heterocycles. The Morgan fingerprint density at radius 3 is 2.63 bits per heavy atom. The molecule has 1 aliphatic rings. The first kappa shape index (κ1) is 14.9. The van der Waals surface area contributed by atoms with E-state index in [2.05, 4.69) is 35.2 Å². The van der Waals surface area contributed by atoms with Gasteiger partial charge < -0.3 is 0 Å². The molecule has 4 unspecified atom stereocenters. The van der Waals surface area contributed by atoms with Crippen LogP contribution in [0.25, 0.3) is 0 Å². The third-order valence-electron chi connectivity index (χ3n) is 4.59. The standard InChI is InChI=1S/C15H22BrFN2/c1-9-3-4-11(7-10(9)2)15(19-18)13-6-5-12(17)8-14(13)16/h5-6,8-11,15,19H,3-4,7,18H2,1-2H3. The van der Waals surface area contributed by atoms with Crippen LogP contribution in [0.1, 0.15) is 44.7 Å². The second kappa shape index (κ2) is 6.33. The molecule has 0 bridgehead atoms. The van der Waals surface area contributed by atoms with Crippen LogP contribution in [-0.4, -0.2) is 0 Å². The maximum absolute atomic E-state index is 13.2. The van der Waals surface area contributed by atoms with Gasteiger partial charge in [0.2, 0.25) is 0 Å². The van der Waals surface area contributed by atoms with Crippen LogP contribution in [0.15, 0.2) is 22.7 Å². The lowest BCUT2D eigenvalue weighted by atomic mass is 9.72. The Hall–Kier alpha value is -0.450. The highest BCUT2D eigenvalue weighted by atomic mass is 79.9. The van der Waals surface area contributed by atoms with Crippen molar-refractivity contribution < 1.29 is 4.39 Å². The molecule has 0 radical (unpaired) electrons. The quantitative estimate of drug-likeness (QED) is 0.645. The summed E-state index contributed by atoms with van der Waals surface area (Å²) in [6.07, 6.45) is 3.58. The molecule has 4 heteroatoms. The summed E-state index contributed by atoms with van der Waals surface area (Å²) in [4.78, 5) is 0. The summed E-state index contributed by atoms with van der Waals surface area (Å²) >= 11 is 3.45. The van der Waals surface area contributed by atoms with Crippen molar-refractivity contribution in [3.8, 4) is 0 Å². The molecule has 0 aliphatic heterocycles. The fourth-order valence-corrected chi connectivity index (χ4v) is 3.72. The highest BCUT2D eigenvalue weighted by Gasteiger charge is 2.31. The van der Waals surface area contributed by atoms with E-state index in [0.29, 0.717) is 11.8 Å². The first-order valence-corrected chi connectivity index (χ1v) is 7.73. The van der Waals surface area contributed by atoms with Crippen LogP contribution in [0.2, 0.25) is 0 Å². The monoisotopic (exact) mass is 328 g/mol. The van der Waals surface area contributed by atoms with Gasteiger partial charge in [0.1, 0.15) is 5.82 Å². The maximum Gasteiger partial charge on any atom is 0.124 e. The summed E-state index contributed by atoms with van der Waals surface area (Å²) in [5.74, 6) is 7.55. The van der Waals surface area contributed by atoms with E-state index in [0.717, 1.165) is 16.0 Å². The Morgan fingerprint density at radius 1 is 1.32 bits per heavy atom. The van der Waals surface area contributed by atoms with E-state index in [-0.39, 0.29) is 11.9 Å². The highest BCUT2D eigenvalue weighted by Crippen LogP contribution is 2.41. The highest BCUT2D eigenvalue weighted by molar-refractivity contribution is 9.10. The van der Waals surface area contributed by atoms with E-state index in [9.17, 15) is 4.39 Å². The normalized spacial score (nSPS) is 29.2. The summed E-state index contributed by atoms with van der Waals surface area (Å²) in [6.45, 7) is 4.63. The smallest absolute Gasteiger partial charge is 0.124 e. The fourth-order valence-electron chi connectivity index (χ4n) is 3.13. The minimum absolute atomic E-state index is 0.0879. The van der Waals surface area contributed by atoms with Crippen LogP contribution in [0.3, 0.4) is 0 Å². The van der Waals surface area contributed by atoms with E-state index >= 15 is 0 Å². The van der Waals surface area contributed by atoms with Crippen LogP contribution in [0.4, 0.5) is 4.39 Å². The van der Waals surface area contributed by atoms with Crippen molar-refractivity contribution in [2.75, 3.05) is 0 Å². The molecule has 106 valence electrons. The second-order valence-electron chi connectivity index (χ2n) is 5.84. The summed E-state index contributed by atoms with van der Waals surface area (Å²) in [5.41, 5.74) is 3.98. The van der Waals surface area contributed by atoms with Gasteiger partial charge in [0, 0.05) is 10.5 Å². The van der Waals surface area contributed by atoms with Gasteiger partial charge in [-0.3, -0.25) is 11.3 Å². The van der Waals surface area contributed by atoms with Crippen molar-refractivity contribution in [2.24, 2.45) is 23.6 Å². The molecule has 0 spiro atoms. The topological polar surface area (TPSA) is 38.0 Å². The van der Waals surface area contributed by atoms with Crippen molar-refractivity contribution in [1.82, 2.24) is 5.43 Å². The van der Waals surface area contributed by atoms with Crippen LogP contribution < -0.4 is 11.3 Å². The molecule has 19 heavy (non-hydrogen) atoms. The van der Waals surface area contributed by atoms with Crippen LogP contribution in [-0.2, 0) is 0 Å². The zero-order chi connectivity index (χ0) is 14.0.